The average Bonchev–Trinajstić information content (AvgIpc) is 2.65. The lowest BCUT2D eigenvalue weighted by molar-refractivity contribution is -0.275. The van der Waals surface area contributed by atoms with E-state index in [1.165, 1.54) is 30.1 Å². The van der Waals surface area contributed by atoms with Gasteiger partial charge in [0.05, 0.1) is 12.2 Å². The fraction of sp³-hybridized carbons (Fsp3) is 0.350. The molecular formula is C20H22F3NO4. The summed E-state index contributed by atoms with van der Waals surface area (Å²) in [6.45, 7) is 3.04. The van der Waals surface area contributed by atoms with Crippen molar-refractivity contribution in [3.05, 3.63) is 59.7 Å². The van der Waals surface area contributed by atoms with E-state index in [0.717, 1.165) is 0 Å². The second-order valence-electron chi connectivity index (χ2n) is 5.86. The Labute approximate surface area is 161 Å². The van der Waals surface area contributed by atoms with E-state index in [0.29, 0.717) is 24.5 Å². The molecule has 0 N–H and O–H groups in total. The highest BCUT2D eigenvalue weighted by Crippen LogP contribution is 2.28. The summed E-state index contributed by atoms with van der Waals surface area (Å²) in [5.41, 5.74) is 0.557. The van der Waals surface area contributed by atoms with Crippen LogP contribution in [0.25, 0.3) is 0 Å². The molecular weight excluding hydrogens is 375 g/mol. The number of carbonyl (C=O) groups excluding carboxylic acids is 1. The number of carbonyl (C=O) groups is 1. The Morgan fingerprint density at radius 1 is 1.00 bits per heavy atom. The summed E-state index contributed by atoms with van der Waals surface area (Å²) in [6, 6.07) is 12.4. The van der Waals surface area contributed by atoms with Crippen LogP contribution in [0.3, 0.4) is 0 Å². The summed E-state index contributed by atoms with van der Waals surface area (Å²) in [5.74, 6) is -0.330. The summed E-state index contributed by atoms with van der Waals surface area (Å²) in [5, 5.41) is 0. The van der Waals surface area contributed by atoms with Crippen LogP contribution < -0.4 is 9.47 Å². The van der Waals surface area contributed by atoms with Gasteiger partial charge in [-0.15, -0.1) is 13.2 Å². The number of halogens is 3. The maximum absolute atomic E-state index is 12.8. The minimum absolute atomic E-state index is 0.0572. The van der Waals surface area contributed by atoms with Gasteiger partial charge in [-0.05, 0) is 25.1 Å². The highest BCUT2D eigenvalue weighted by Gasteiger charge is 2.32. The lowest BCUT2D eigenvalue weighted by Gasteiger charge is -2.21. The number of nitrogens with zero attached hydrogens (tertiary/aromatic N) is 1. The lowest BCUT2D eigenvalue weighted by Crippen LogP contribution is -2.27. The van der Waals surface area contributed by atoms with Gasteiger partial charge in [-0.25, -0.2) is 0 Å². The van der Waals surface area contributed by atoms with Crippen LogP contribution in [0.4, 0.5) is 13.2 Å². The topological polar surface area (TPSA) is 48.0 Å². The zero-order valence-corrected chi connectivity index (χ0v) is 15.7. The van der Waals surface area contributed by atoms with Crippen LogP contribution in [0.5, 0.6) is 11.5 Å². The standard InChI is InChI=1S/C20H22F3NO4/c1-3-26-12-13-27-18-11-7-5-9-16(18)19(25)24(2)14-15-8-4-6-10-17(15)28-20(21,22)23/h4-11H,3,12-14H2,1-2H3. The molecule has 0 aliphatic rings. The van der Waals surface area contributed by atoms with Crippen molar-refractivity contribution in [2.45, 2.75) is 19.8 Å². The van der Waals surface area contributed by atoms with Gasteiger partial charge in [-0.2, -0.15) is 0 Å². The number of rotatable bonds is 9. The van der Waals surface area contributed by atoms with Crippen LogP contribution >= 0.6 is 0 Å². The average molecular weight is 397 g/mol. The zero-order chi connectivity index (χ0) is 20.6. The first-order chi connectivity index (χ1) is 13.3. The molecule has 8 heteroatoms. The number of hydrogen-bond acceptors (Lipinski definition) is 4. The third-order valence-electron chi connectivity index (χ3n) is 3.76. The largest absolute Gasteiger partial charge is 0.573 e. The van der Waals surface area contributed by atoms with Crippen LogP contribution in [0.1, 0.15) is 22.8 Å². The SMILES string of the molecule is CCOCCOc1ccccc1C(=O)N(C)Cc1ccccc1OC(F)(F)F. The van der Waals surface area contributed by atoms with Gasteiger partial charge in [0.15, 0.2) is 0 Å². The molecule has 28 heavy (non-hydrogen) atoms. The monoisotopic (exact) mass is 397 g/mol. The predicted molar refractivity (Wildman–Crippen MR) is 97.4 cm³/mol. The van der Waals surface area contributed by atoms with Crippen molar-refractivity contribution in [3.8, 4) is 11.5 Å². The van der Waals surface area contributed by atoms with E-state index in [-0.39, 0.29) is 30.4 Å². The molecule has 152 valence electrons. The molecule has 0 heterocycles. The number of ether oxygens (including phenoxy) is 3. The van der Waals surface area contributed by atoms with Gasteiger partial charge in [0.25, 0.3) is 5.91 Å². The van der Waals surface area contributed by atoms with E-state index in [1.54, 1.807) is 30.3 Å². The number of hydrogen-bond donors (Lipinski definition) is 0. The first kappa shape index (κ1) is 21.6. The Kier molecular flexibility index (Phi) is 7.69. The van der Waals surface area contributed by atoms with E-state index >= 15 is 0 Å². The molecule has 5 nitrogen and oxygen atoms in total. The van der Waals surface area contributed by atoms with Crippen LogP contribution in [-0.2, 0) is 11.3 Å². The minimum atomic E-state index is -4.81. The molecule has 2 aromatic rings. The normalized spacial score (nSPS) is 11.2. The second-order valence-corrected chi connectivity index (χ2v) is 5.86. The van der Waals surface area contributed by atoms with Crippen molar-refractivity contribution >= 4 is 5.91 Å². The van der Waals surface area contributed by atoms with Gasteiger partial charge < -0.3 is 19.1 Å². The summed E-state index contributed by atoms with van der Waals surface area (Å²) < 4.78 is 52.6. The molecule has 0 atom stereocenters. The zero-order valence-electron chi connectivity index (χ0n) is 15.7. The van der Waals surface area contributed by atoms with Crippen molar-refractivity contribution in [1.29, 1.82) is 0 Å². The molecule has 0 fully saturated rings. The highest BCUT2D eigenvalue weighted by atomic mass is 19.4. The molecule has 0 aliphatic heterocycles. The summed E-state index contributed by atoms with van der Waals surface area (Å²) in [6.07, 6.45) is -4.81. The van der Waals surface area contributed by atoms with Crippen molar-refractivity contribution in [3.63, 3.8) is 0 Å². The van der Waals surface area contributed by atoms with Crippen molar-refractivity contribution in [2.24, 2.45) is 0 Å². The van der Waals surface area contributed by atoms with Crippen LogP contribution in [0.2, 0.25) is 0 Å². The summed E-state index contributed by atoms with van der Waals surface area (Å²) in [4.78, 5) is 14.1. The molecule has 0 aromatic heterocycles. The van der Waals surface area contributed by atoms with Gasteiger partial charge >= 0.3 is 6.36 Å². The summed E-state index contributed by atoms with van der Waals surface area (Å²) >= 11 is 0. The molecule has 0 radical (unpaired) electrons. The second kappa shape index (κ2) is 9.98. The first-order valence-electron chi connectivity index (χ1n) is 8.70. The van der Waals surface area contributed by atoms with Gasteiger partial charge in [0, 0.05) is 25.8 Å². The van der Waals surface area contributed by atoms with Gasteiger partial charge in [0.1, 0.15) is 18.1 Å². The van der Waals surface area contributed by atoms with Crippen molar-refractivity contribution in [2.75, 3.05) is 26.9 Å². The van der Waals surface area contributed by atoms with E-state index < -0.39 is 6.36 Å². The van der Waals surface area contributed by atoms with E-state index in [4.69, 9.17) is 9.47 Å². The fourth-order valence-corrected chi connectivity index (χ4v) is 2.52. The third kappa shape index (κ3) is 6.45. The third-order valence-corrected chi connectivity index (χ3v) is 3.76. The van der Waals surface area contributed by atoms with E-state index in [1.807, 2.05) is 6.92 Å². The fourth-order valence-electron chi connectivity index (χ4n) is 2.52. The molecule has 0 saturated carbocycles. The Hall–Kier alpha value is -2.74. The van der Waals surface area contributed by atoms with Crippen molar-refractivity contribution in [1.82, 2.24) is 4.90 Å². The molecule has 0 bridgehead atoms. The molecule has 2 aromatic carbocycles. The van der Waals surface area contributed by atoms with Crippen LogP contribution in [0, 0.1) is 0 Å². The summed E-state index contributed by atoms with van der Waals surface area (Å²) in [7, 11) is 1.50. The molecule has 0 saturated heterocycles. The lowest BCUT2D eigenvalue weighted by atomic mass is 10.1. The highest BCUT2D eigenvalue weighted by molar-refractivity contribution is 5.96. The van der Waals surface area contributed by atoms with Crippen LogP contribution in [0.15, 0.2) is 48.5 Å². The number of benzene rings is 2. The Morgan fingerprint density at radius 2 is 1.64 bits per heavy atom. The van der Waals surface area contributed by atoms with E-state index in [9.17, 15) is 18.0 Å². The first-order valence-corrected chi connectivity index (χ1v) is 8.70. The minimum Gasteiger partial charge on any atom is -0.490 e. The van der Waals surface area contributed by atoms with Gasteiger partial charge in [-0.1, -0.05) is 30.3 Å². The quantitative estimate of drug-likeness (QED) is 0.593. The number of para-hydroxylation sites is 2. The Bertz CT molecular complexity index is 780. The molecule has 0 unspecified atom stereocenters. The van der Waals surface area contributed by atoms with Crippen molar-refractivity contribution < 1.29 is 32.2 Å². The van der Waals surface area contributed by atoms with Gasteiger partial charge in [0.2, 0.25) is 0 Å². The Morgan fingerprint density at radius 3 is 2.32 bits per heavy atom. The molecule has 1 amide bonds. The van der Waals surface area contributed by atoms with Crippen LogP contribution in [-0.4, -0.2) is 44.0 Å². The maximum Gasteiger partial charge on any atom is 0.573 e. The predicted octanol–water partition coefficient (Wildman–Crippen LogP) is 4.27. The maximum atomic E-state index is 12.8. The van der Waals surface area contributed by atoms with E-state index in [2.05, 4.69) is 4.74 Å². The Balaban J connectivity index is 2.12. The molecule has 0 aliphatic carbocycles. The smallest absolute Gasteiger partial charge is 0.490 e. The number of alkyl halides is 3. The molecule has 2 rings (SSSR count). The molecule has 0 spiro atoms. The number of amides is 1. The van der Waals surface area contributed by atoms with Gasteiger partial charge in [-0.3, -0.25) is 4.79 Å².